The molecule has 0 bridgehead atoms. The van der Waals surface area contributed by atoms with Gasteiger partial charge in [-0.15, -0.1) is 0 Å². The van der Waals surface area contributed by atoms with Gasteiger partial charge in [-0.25, -0.2) is 5.53 Å². The fourth-order valence-electron chi connectivity index (χ4n) is 3.92. The largest absolute Gasteiger partial charge is 0.433 e. The number of rotatable bonds is 11. The number of alkyl halides is 3. The summed E-state index contributed by atoms with van der Waals surface area (Å²) < 4.78 is 39.4. The van der Waals surface area contributed by atoms with E-state index in [9.17, 15) is 13.2 Å². The smallest absolute Gasteiger partial charge is 0.382 e. The molecule has 2 aromatic heterocycles. The van der Waals surface area contributed by atoms with Gasteiger partial charge in [-0.2, -0.15) is 18.3 Å². The van der Waals surface area contributed by atoms with E-state index >= 15 is 0 Å². The van der Waals surface area contributed by atoms with E-state index in [1.54, 1.807) is 35.6 Å². The van der Waals surface area contributed by atoms with Crippen LogP contribution in [0.2, 0.25) is 0 Å². The quantitative estimate of drug-likeness (QED) is 0.280. The van der Waals surface area contributed by atoms with Gasteiger partial charge in [0, 0.05) is 56.2 Å². The molecule has 0 aliphatic rings. The van der Waals surface area contributed by atoms with Crippen LogP contribution in [0.5, 0.6) is 0 Å². The summed E-state index contributed by atoms with van der Waals surface area (Å²) in [4.78, 5) is 11.8. The van der Waals surface area contributed by atoms with Crippen LogP contribution in [0, 0.1) is 12.5 Å². The van der Waals surface area contributed by atoms with Gasteiger partial charge in [-0.05, 0) is 67.9 Å². The van der Waals surface area contributed by atoms with Crippen molar-refractivity contribution in [1.29, 1.82) is 5.53 Å². The Hall–Kier alpha value is -3.79. The van der Waals surface area contributed by atoms with E-state index in [4.69, 9.17) is 5.53 Å². The first kappa shape index (κ1) is 27.8. The maximum absolute atomic E-state index is 13.1. The van der Waals surface area contributed by atoms with Crippen molar-refractivity contribution in [2.24, 2.45) is 5.11 Å². The van der Waals surface area contributed by atoms with Crippen LogP contribution >= 0.6 is 0 Å². The first-order valence-corrected chi connectivity index (χ1v) is 12.0. The lowest BCUT2D eigenvalue weighted by Crippen LogP contribution is -2.25. The van der Waals surface area contributed by atoms with Crippen LogP contribution in [0.25, 0.3) is 16.8 Å². The number of hydrogen-bond donors (Lipinski definition) is 2. The Morgan fingerprint density at radius 1 is 1.08 bits per heavy atom. The van der Waals surface area contributed by atoms with Crippen molar-refractivity contribution in [1.82, 2.24) is 14.9 Å². The van der Waals surface area contributed by atoms with Crippen LogP contribution in [0.4, 0.5) is 24.5 Å². The maximum Gasteiger partial charge on any atom is 0.433 e. The monoisotopic (exact) mass is 511 g/mol. The second-order valence-electron chi connectivity index (χ2n) is 8.86. The molecule has 0 unspecified atom stereocenters. The Morgan fingerprint density at radius 3 is 2.54 bits per heavy atom. The molecule has 3 rings (SSSR count). The van der Waals surface area contributed by atoms with Crippen molar-refractivity contribution in [2.75, 3.05) is 43.9 Å². The number of halogens is 3. The van der Waals surface area contributed by atoms with Gasteiger partial charge in [-0.1, -0.05) is 19.1 Å². The summed E-state index contributed by atoms with van der Waals surface area (Å²) in [5.41, 5.74) is 11.4. The van der Waals surface area contributed by atoms with E-state index in [-0.39, 0.29) is 0 Å². The summed E-state index contributed by atoms with van der Waals surface area (Å²) in [5.74, 6) is 0. The van der Waals surface area contributed by atoms with Crippen molar-refractivity contribution < 1.29 is 13.2 Å². The van der Waals surface area contributed by atoms with Gasteiger partial charge < -0.3 is 15.1 Å². The molecule has 0 saturated carbocycles. The topological polar surface area (TPSA) is 80.5 Å². The van der Waals surface area contributed by atoms with E-state index in [1.807, 2.05) is 32.2 Å². The summed E-state index contributed by atoms with van der Waals surface area (Å²) in [6.07, 6.45) is 2.82. The van der Waals surface area contributed by atoms with E-state index < -0.39 is 11.9 Å². The molecule has 0 spiro atoms. The van der Waals surface area contributed by atoms with Crippen LogP contribution in [0.15, 0.2) is 66.3 Å². The molecule has 3 aromatic rings. The number of benzene rings is 1. The second kappa shape index (κ2) is 12.4. The van der Waals surface area contributed by atoms with Crippen LogP contribution in [0.1, 0.15) is 30.2 Å². The Labute approximate surface area is 215 Å². The molecule has 10 heteroatoms. The zero-order chi connectivity index (χ0) is 27.0. The van der Waals surface area contributed by atoms with Gasteiger partial charge in [0.15, 0.2) is 0 Å². The van der Waals surface area contributed by atoms with Crippen molar-refractivity contribution >= 4 is 17.1 Å². The highest BCUT2D eigenvalue weighted by Gasteiger charge is 2.32. The number of aryl methyl sites for hydroxylation is 1. The standard InChI is InChI=1S/C27H32F3N7/c1-5-11-36(3)12-10-33-23-13-22(16-32-17-23)24(35-31)18-37(4)25-14-20(7-6-19(25)2)21-8-9-34-26(15-21)27(28,29)30/h6-9,13-18,31,33H,5,10-12H2,1-4H3/b24-18-,35-31?. The molecule has 196 valence electrons. The number of nitrogens with one attached hydrogen (secondary N) is 2. The average Bonchev–Trinajstić information content (AvgIpc) is 2.87. The van der Waals surface area contributed by atoms with Crippen LogP contribution in [-0.4, -0.2) is 48.6 Å². The lowest BCUT2D eigenvalue weighted by Gasteiger charge is -2.20. The van der Waals surface area contributed by atoms with E-state index in [1.165, 1.54) is 0 Å². The molecule has 0 aliphatic heterocycles. The van der Waals surface area contributed by atoms with Gasteiger partial charge >= 0.3 is 6.18 Å². The van der Waals surface area contributed by atoms with Gasteiger partial charge in [0.1, 0.15) is 11.4 Å². The number of nitrogens with zero attached hydrogens (tertiary/aromatic N) is 5. The van der Waals surface area contributed by atoms with Gasteiger partial charge in [-0.3, -0.25) is 9.97 Å². The Bertz CT molecular complexity index is 1240. The fraction of sp³-hybridized carbons (Fsp3) is 0.333. The third kappa shape index (κ3) is 7.60. The predicted molar refractivity (Wildman–Crippen MR) is 141 cm³/mol. The number of likely N-dealkylation sites (N-methyl/N-ethyl adjacent to an activating group) is 1. The predicted octanol–water partition coefficient (Wildman–Crippen LogP) is 6.69. The normalized spacial score (nSPS) is 12.1. The zero-order valence-corrected chi connectivity index (χ0v) is 21.5. The molecular weight excluding hydrogens is 479 g/mol. The number of pyridine rings is 2. The third-order valence-corrected chi connectivity index (χ3v) is 5.87. The van der Waals surface area contributed by atoms with Crippen LogP contribution < -0.4 is 10.2 Å². The van der Waals surface area contributed by atoms with E-state index in [0.717, 1.165) is 55.3 Å². The number of hydrogen-bond acceptors (Lipinski definition) is 7. The summed E-state index contributed by atoms with van der Waals surface area (Å²) in [6, 6.07) is 9.92. The average molecular weight is 512 g/mol. The summed E-state index contributed by atoms with van der Waals surface area (Å²) in [6.45, 7) is 6.74. The van der Waals surface area contributed by atoms with E-state index in [0.29, 0.717) is 22.4 Å². The molecule has 2 heterocycles. The molecule has 7 nitrogen and oxygen atoms in total. The van der Waals surface area contributed by atoms with Crippen molar-refractivity contribution in [3.63, 3.8) is 0 Å². The molecule has 0 atom stereocenters. The lowest BCUT2D eigenvalue weighted by atomic mass is 10.0. The lowest BCUT2D eigenvalue weighted by molar-refractivity contribution is -0.141. The van der Waals surface area contributed by atoms with Crippen LogP contribution in [0.3, 0.4) is 0 Å². The minimum Gasteiger partial charge on any atom is -0.382 e. The van der Waals surface area contributed by atoms with Gasteiger partial charge in [0.25, 0.3) is 0 Å². The van der Waals surface area contributed by atoms with Crippen molar-refractivity contribution in [3.05, 3.63) is 78.0 Å². The highest BCUT2D eigenvalue weighted by atomic mass is 19.4. The Balaban J connectivity index is 1.83. The van der Waals surface area contributed by atoms with E-state index in [2.05, 4.69) is 39.3 Å². The second-order valence-corrected chi connectivity index (χ2v) is 8.86. The molecule has 0 radical (unpaired) electrons. The molecule has 0 aliphatic carbocycles. The maximum atomic E-state index is 13.1. The molecule has 0 saturated heterocycles. The molecule has 2 N–H and O–H groups in total. The SMILES string of the molecule is CCCN(C)CCNc1cncc(/C(=C/N(C)c2cc(-c3ccnc(C(F)(F)F)c3)ccc2C)N=N)c1. The molecule has 0 amide bonds. The zero-order valence-electron chi connectivity index (χ0n) is 21.5. The molecule has 1 aromatic carbocycles. The van der Waals surface area contributed by atoms with Crippen LogP contribution in [-0.2, 0) is 6.18 Å². The van der Waals surface area contributed by atoms with Crippen molar-refractivity contribution in [3.8, 4) is 11.1 Å². The number of anilines is 2. The molecule has 37 heavy (non-hydrogen) atoms. The summed E-state index contributed by atoms with van der Waals surface area (Å²) >= 11 is 0. The summed E-state index contributed by atoms with van der Waals surface area (Å²) in [7, 11) is 3.89. The third-order valence-electron chi connectivity index (χ3n) is 5.87. The fourth-order valence-corrected chi connectivity index (χ4v) is 3.92. The molecule has 0 fully saturated rings. The Morgan fingerprint density at radius 2 is 1.84 bits per heavy atom. The minimum absolute atomic E-state index is 0.398. The van der Waals surface area contributed by atoms with Gasteiger partial charge in [0.2, 0.25) is 0 Å². The Kier molecular flexibility index (Phi) is 9.35. The van der Waals surface area contributed by atoms with Gasteiger partial charge in [0.05, 0.1) is 5.69 Å². The minimum atomic E-state index is -4.52. The first-order chi connectivity index (χ1) is 17.6. The molecular formula is C27H32F3N7. The highest BCUT2D eigenvalue weighted by Crippen LogP contribution is 2.33. The first-order valence-electron chi connectivity index (χ1n) is 12.0. The number of aromatic nitrogens is 2. The van der Waals surface area contributed by atoms with Crippen molar-refractivity contribution in [2.45, 2.75) is 26.4 Å². The highest BCUT2D eigenvalue weighted by molar-refractivity contribution is 5.74. The summed E-state index contributed by atoms with van der Waals surface area (Å²) in [5, 5.41) is 7.06.